The van der Waals surface area contributed by atoms with Crippen molar-refractivity contribution in [1.29, 1.82) is 0 Å². The zero-order valence-corrected chi connectivity index (χ0v) is 8.62. The van der Waals surface area contributed by atoms with Crippen LogP contribution in [0, 0.1) is 0 Å². The lowest BCUT2D eigenvalue weighted by atomic mass is 9.90. The van der Waals surface area contributed by atoms with Gasteiger partial charge in [0.2, 0.25) is 0 Å². The molecule has 1 saturated carbocycles. The molecule has 2 unspecified atom stereocenters. The molecule has 0 aromatic rings. The van der Waals surface area contributed by atoms with Gasteiger partial charge < -0.3 is 10.5 Å². The Bertz CT molecular complexity index is 193. The molecule has 1 heterocycles. The minimum absolute atomic E-state index is 0.126. The lowest BCUT2D eigenvalue weighted by molar-refractivity contribution is 0.0243. The Morgan fingerprint density at radius 2 is 2.23 bits per heavy atom. The molecule has 0 aromatic carbocycles. The third kappa shape index (κ3) is 1.39. The van der Waals surface area contributed by atoms with E-state index in [2.05, 4.69) is 18.9 Å². The second kappa shape index (κ2) is 3.23. The summed E-state index contributed by atoms with van der Waals surface area (Å²) in [7, 11) is 2.20. The molecule has 0 spiro atoms. The number of ether oxygens (including phenoxy) is 1. The van der Waals surface area contributed by atoms with Crippen molar-refractivity contribution >= 4 is 0 Å². The van der Waals surface area contributed by atoms with Crippen molar-refractivity contribution in [3.63, 3.8) is 0 Å². The predicted molar refractivity (Wildman–Crippen MR) is 52.6 cm³/mol. The van der Waals surface area contributed by atoms with E-state index in [-0.39, 0.29) is 5.54 Å². The van der Waals surface area contributed by atoms with E-state index in [1.54, 1.807) is 0 Å². The van der Waals surface area contributed by atoms with Crippen molar-refractivity contribution in [2.45, 2.75) is 43.9 Å². The van der Waals surface area contributed by atoms with Crippen molar-refractivity contribution in [1.82, 2.24) is 4.90 Å². The topological polar surface area (TPSA) is 38.5 Å². The van der Waals surface area contributed by atoms with Crippen LogP contribution in [0.4, 0.5) is 0 Å². The van der Waals surface area contributed by atoms with Crippen molar-refractivity contribution < 1.29 is 4.74 Å². The zero-order valence-electron chi connectivity index (χ0n) is 8.62. The molecular weight excluding hydrogens is 164 g/mol. The van der Waals surface area contributed by atoms with E-state index < -0.39 is 0 Å². The number of hydrogen-bond acceptors (Lipinski definition) is 3. The summed E-state index contributed by atoms with van der Waals surface area (Å²) in [6, 6.07) is 0.771. The highest BCUT2D eigenvalue weighted by molar-refractivity contribution is 5.03. The van der Waals surface area contributed by atoms with Gasteiger partial charge >= 0.3 is 0 Å². The van der Waals surface area contributed by atoms with Crippen LogP contribution in [0.1, 0.15) is 26.2 Å². The summed E-state index contributed by atoms with van der Waals surface area (Å²) < 4.78 is 5.64. The highest BCUT2D eigenvalue weighted by Gasteiger charge is 2.48. The van der Waals surface area contributed by atoms with Crippen LogP contribution < -0.4 is 5.73 Å². The number of nitrogens with two attached hydrogens (primary N) is 1. The first-order valence-electron chi connectivity index (χ1n) is 5.25. The number of likely N-dealkylation sites (N-methyl/N-ethyl adjacent to an activating group) is 1. The van der Waals surface area contributed by atoms with E-state index in [0.717, 1.165) is 25.6 Å². The Balaban J connectivity index is 2.12. The number of rotatable bonds is 3. The van der Waals surface area contributed by atoms with Gasteiger partial charge in [-0.1, -0.05) is 0 Å². The Morgan fingerprint density at radius 3 is 2.62 bits per heavy atom. The average Bonchev–Trinajstić information content (AvgIpc) is 2.90. The van der Waals surface area contributed by atoms with Gasteiger partial charge in [0, 0.05) is 19.2 Å². The van der Waals surface area contributed by atoms with E-state index in [0.29, 0.717) is 6.10 Å². The summed E-state index contributed by atoms with van der Waals surface area (Å²) in [5, 5.41) is 0. The minimum Gasteiger partial charge on any atom is -0.376 e. The Kier molecular flexibility index (Phi) is 2.34. The molecule has 1 aliphatic carbocycles. The van der Waals surface area contributed by atoms with Crippen LogP contribution in [0.2, 0.25) is 0 Å². The first-order valence-corrected chi connectivity index (χ1v) is 5.25. The zero-order chi connectivity index (χ0) is 9.47. The Labute approximate surface area is 80.2 Å². The van der Waals surface area contributed by atoms with Crippen LogP contribution in [0.3, 0.4) is 0 Å². The van der Waals surface area contributed by atoms with Crippen LogP contribution >= 0.6 is 0 Å². The van der Waals surface area contributed by atoms with Crippen LogP contribution in [0.25, 0.3) is 0 Å². The van der Waals surface area contributed by atoms with E-state index in [4.69, 9.17) is 10.5 Å². The summed E-state index contributed by atoms with van der Waals surface area (Å²) in [5.41, 5.74) is 6.03. The van der Waals surface area contributed by atoms with Gasteiger partial charge in [-0.2, -0.15) is 0 Å². The number of nitrogens with zero attached hydrogens (tertiary/aromatic N) is 1. The van der Waals surface area contributed by atoms with Crippen molar-refractivity contribution in [3.05, 3.63) is 0 Å². The standard InChI is InChI=1S/C10H20N2O/c1-8-10(7-11,5-6-13-8)12(2)9-3-4-9/h8-9H,3-7,11H2,1-2H3. The minimum atomic E-state index is 0.126. The van der Waals surface area contributed by atoms with Gasteiger partial charge in [-0.15, -0.1) is 0 Å². The number of hydrogen-bond donors (Lipinski definition) is 1. The lowest BCUT2D eigenvalue weighted by Crippen LogP contribution is -2.57. The summed E-state index contributed by atoms with van der Waals surface area (Å²) in [4.78, 5) is 2.46. The van der Waals surface area contributed by atoms with Crippen LogP contribution in [0.15, 0.2) is 0 Å². The van der Waals surface area contributed by atoms with Gasteiger partial charge in [0.25, 0.3) is 0 Å². The summed E-state index contributed by atoms with van der Waals surface area (Å²) >= 11 is 0. The van der Waals surface area contributed by atoms with Crippen molar-refractivity contribution in [2.24, 2.45) is 5.73 Å². The van der Waals surface area contributed by atoms with Gasteiger partial charge in [0.05, 0.1) is 11.6 Å². The maximum atomic E-state index is 5.90. The normalized spacial score (nSPS) is 40.2. The molecule has 3 heteroatoms. The van der Waals surface area contributed by atoms with Gasteiger partial charge in [-0.3, -0.25) is 4.90 Å². The molecule has 1 aliphatic heterocycles. The molecule has 2 atom stereocenters. The van der Waals surface area contributed by atoms with Gasteiger partial charge in [-0.25, -0.2) is 0 Å². The second-order valence-electron chi connectivity index (χ2n) is 4.41. The lowest BCUT2D eigenvalue weighted by Gasteiger charge is -2.40. The fraction of sp³-hybridized carbons (Fsp3) is 1.00. The van der Waals surface area contributed by atoms with Crippen molar-refractivity contribution in [2.75, 3.05) is 20.2 Å². The molecule has 0 radical (unpaired) electrons. The molecule has 3 nitrogen and oxygen atoms in total. The quantitative estimate of drug-likeness (QED) is 0.697. The Hall–Kier alpha value is -0.120. The second-order valence-corrected chi connectivity index (χ2v) is 4.41. The van der Waals surface area contributed by atoms with Crippen molar-refractivity contribution in [3.8, 4) is 0 Å². The van der Waals surface area contributed by atoms with E-state index in [1.165, 1.54) is 12.8 Å². The third-order valence-electron chi connectivity index (χ3n) is 3.81. The fourth-order valence-corrected chi connectivity index (χ4v) is 2.47. The maximum Gasteiger partial charge on any atom is 0.0743 e. The molecule has 2 N–H and O–H groups in total. The molecule has 76 valence electrons. The molecular formula is C10H20N2O. The van der Waals surface area contributed by atoms with Crippen LogP contribution in [-0.2, 0) is 4.74 Å². The SMILES string of the molecule is CC1OCCC1(CN)N(C)C1CC1. The maximum absolute atomic E-state index is 5.90. The molecule has 2 rings (SSSR count). The highest BCUT2D eigenvalue weighted by atomic mass is 16.5. The smallest absolute Gasteiger partial charge is 0.0743 e. The molecule has 13 heavy (non-hydrogen) atoms. The highest BCUT2D eigenvalue weighted by Crippen LogP contribution is 2.38. The average molecular weight is 184 g/mol. The first kappa shape index (κ1) is 9.44. The Morgan fingerprint density at radius 1 is 1.54 bits per heavy atom. The molecule has 1 saturated heterocycles. The van der Waals surface area contributed by atoms with Gasteiger partial charge in [-0.05, 0) is 33.2 Å². The molecule has 0 aromatic heterocycles. The fourth-order valence-electron chi connectivity index (χ4n) is 2.47. The third-order valence-corrected chi connectivity index (χ3v) is 3.81. The van der Waals surface area contributed by atoms with E-state index in [1.807, 2.05) is 0 Å². The van der Waals surface area contributed by atoms with Crippen LogP contribution in [0.5, 0.6) is 0 Å². The first-order chi connectivity index (χ1) is 6.20. The van der Waals surface area contributed by atoms with E-state index >= 15 is 0 Å². The largest absolute Gasteiger partial charge is 0.376 e. The monoisotopic (exact) mass is 184 g/mol. The molecule has 2 fully saturated rings. The molecule has 0 bridgehead atoms. The van der Waals surface area contributed by atoms with Gasteiger partial charge in [0.1, 0.15) is 0 Å². The summed E-state index contributed by atoms with van der Waals surface area (Å²) in [6.45, 7) is 3.75. The van der Waals surface area contributed by atoms with E-state index in [9.17, 15) is 0 Å². The van der Waals surface area contributed by atoms with Crippen LogP contribution in [-0.4, -0.2) is 42.8 Å². The summed E-state index contributed by atoms with van der Waals surface area (Å²) in [6.07, 6.45) is 4.07. The molecule has 0 amide bonds. The predicted octanol–water partition coefficient (Wildman–Crippen LogP) is 0.587. The molecule has 2 aliphatic rings. The summed E-state index contributed by atoms with van der Waals surface area (Å²) in [5.74, 6) is 0. The van der Waals surface area contributed by atoms with Gasteiger partial charge in [0.15, 0.2) is 0 Å².